The van der Waals surface area contributed by atoms with E-state index in [1.54, 1.807) is 0 Å². The van der Waals surface area contributed by atoms with Gasteiger partial charge in [-0.15, -0.1) is 0 Å². The van der Waals surface area contributed by atoms with Crippen LogP contribution in [0.5, 0.6) is 11.5 Å². The Balaban J connectivity index is 1.79. The Morgan fingerprint density at radius 3 is 2.77 bits per heavy atom. The van der Waals surface area contributed by atoms with Crippen molar-refractivity contribution in [1.82, 2.24) is 15.3 Å². The molecule has 0 aliphatic carbocycles. The van der Waals surface area contributed by atoms with E-state index in [-0.39, 0.29) is 50.1 Å². The highest BCUT2D eigenvalue weighted by atomic mass is 35.5. The minimum Gasteiger partial charge on any atom is -0.453 e. The van der Waals surface area contributed by atoms with Crippen LogP contribution in [0.1, 0.15) is 28.5 Å². The van der Waals surface area contributed by atoms with Crippen molar-refractivity contribution in [2.24, 2.45) is 0 Å². The van der Waals surface area contributed by atoms with Crippen LogP contribution in [-0.4, -0.2) is 22.4 Å². The van der Waals surface area contributed by atoms with Crippen molar-refractivity contribution in [1.29, 1.82) is 5.26 Å². The van der Waals surface area contributed by atoms with E-state index in [4.69, 9.17) is 44.8 Å². The van der Waals surface area contributed by atoms with Crippen LogP contribution in [0.4, 0.5) is 10.3 Å². The Morgan fingerprint density at radius 2 is 2.06 bits per heavy atom. The molecule has 3 N–H and O–H groups in total. The number of amides is 1. The highest BCUT2D eigenvalue weighted by Crippen LogP contribution is 2.35. The van der Waals surface area contributed by atoms with Crippen LogP contribution in [0, 0.1) is 17.1 Å². The number of benzene rings is 2. The van der Waals surface area contributed by atoms with Gasteiger partial charge < -0.3 is 20.4 Å². The van der Waals surface area contributed by atoms with E-state index in [1.807, 2.05) is 13.0 Å². The van der Waals surface area contributed by atoms with Crippen LogP contribution < -0.4 is 15.4 Å². The molecule has 2 aromatic carbocycles. The molecule has 0 spiro atoms. The molecule has 160 valence electrons. The van der Waals surface area contributed by atoms with Crippen molar-refractivity contribution in [3.63, 3.8) is 0 Å². The zero-order valence-corrected chi connectivity index (χ0v) is 18.3. The van der Waals surface area contributed by atoms with Gasteiger partial charge in [-0.25, -0.2) is 9.37 Å². The number of nitrogens with one attached hydrogen (secondary N) is 3. The molecule has 0 fully saturated rings. The average molecular weight is 483 g/mol. The van der Waals surface area contributed by atoms with E-state index >= 15 is 4.39 Å². The van der Waals surface area contributed by atoms with Crippen molar-refractivity contribution in [3.05, 3.63) is 68.2 Å². The molecular weight excluding hydrogens is 468 g/mol. The van der Waals surface area contributed by atoms with Gasteiger partial charge in [-0.05, 0) is 31.2 Å². The molecule has 11 heteroatoms. The Bertz CT molecular complexity index is 1180. The molecule has 3 rings (SSSR count). The molecule has 0 atom stereocenters. The van der Waals surface area contributed by atoms with Gasteiger partial charge in [-0.1, -0.05) is 40.9 Å². The van der Waals surface area contributed by atoms with Crippen LogP contribution in [-0.2, 0) is 6.54 Å². The van der Waals surface area contributed by atoms with Gasteiger partial charge in [0.25, 0.3) is 5.91 Å². The van der Waals surface area contributed by atoms with Crippen LogP contribution in [0.25, 0.3) is 0 Å². The average Bonchev–Trinajstić information content (AvgIpc) is 3.10. The number of carbonyl (C=O) groups is 1. The van der Waals surface area contributed by atoms with Gasteiger partial charge in [0.15, 0.2) is 16.7 Å². The van der Waals surface area contributed by atoms with Gasteiger partial charge in [0, 0.05) is 23.7 Å². The van der Waals surface area contributed by atoms with Crippen LogP contribution in [0.3, 0.4) is 0 Å². The molecule has 31 heavy (non-hydrogen) atoms. The fourth-order valence-electron chi connectivity index (χ4n) is 2.62. The van der Waals surface area contributed by atoms with Crippen molar-refractivity contribution >= 4 is 46.7 Å². The van der Waals surface area contributed by atoms with Crippen molar-refractivity contribution in [3.8, 4) is 17.6 Å². The summed E-state index contributed by atoms with van der Waals surface area (Å²) in [5.41, 5.74) is 0.417. The number of halogens is 4. The number of anilines is 1. The van der Waals surface area contributed by atoms with Gasteiger partial charge in [-0.2, -0.15) is 5.26 Å². The lowest BCUT2D eigenvalue weighted by atomic mass is 10.2. The molecule has 3 aromatic rings. The summed E-state index contributed by atoms with van der Waals surface area (Å²) in [7, 11) is 0. The molecule has 0 saturated carbocycles. The zero-order valence-electron chi connectivity index (χ0n) is 16.0. The Morgan fingerprint density at radius 1 is 1.29 bits per heavy atom. The van der Waals surface area contributed by atoms with Crippen molar-refractivity contribution in [2.45, 2.75) is 13.5 Å². The first-order valence-electron chi connectivity index (χ1n) is 8.95. The van der Waals surface area contributed by atoms with E-state index < -0.39 is 11.7 Å². The Labute approximate surface area is 192 Å². The van der Waals surface area contributed by atoms with E-state index in [0.29, 0.717) is 12.5 Å². The lowest BCUT2D eigenvalue weighted by Gasteiger charge is -2.13. The number of aromatic amines is 1. The van der Waals surface area contributed by atoms with Gasteiger partial charge in [0.05, 0.1) is 16.7 Å². The Kier molecular flexibility index (Phi) is 7.23. The summed E-state index contributed by atoms with van der Waals surface area (Å²) < 4.78 is 20.6. The minimum atomic E-state index is -0.768. The number of hydrogen-bond donors (Lipinski definition) is 3. The molecule has 0 unspecified atom stereocenters. The second-order valence-electron chi connectivity index (χ2n) is 6.20. The molecule has 1 amide bonds. The predicted octanol–water partition coefficient (Wildman–Crippen LogP) is 5.53. The van der Waals surface area contributed by atoms with Crippen LogP contribution in [0.15, 0.2) is 30.3 Å². The topological polar surface area (TPSA) is 103 Å². The summed E-state index contributed by atoms with van der Waals surface area (Å²) in [6.45, 7) is 2.29. The number of rotatable bonds is 7. The maximum Gasteiger partial charge on any atom is 0.271 e. The number of ether oxygens (including phenoxy) is 1. The van der Waals surface area contributed by atoms with E-state index in [1.165, 1.54) is 30.3 Å². The third-order valence-electron chi connectivity index (χ3n) is 4.02. The quantitative estimate of drug-likeness (QED) is 0.410. The van der Waals surface area contributed by atoms with Crippen LogP contribution in [0.2, 0.25) is 15.2 Å². The number of hydrogen-bond acceptors (Lipinski definition) is 5. The molecule has 0 bridgehead atoms. The number of H-pyrrole nitrogens is 1. The van der Waals surface area contributed by atoms with Gasteiger partial charge in [0.1, 0.15) is 11.4 Å². The zero-order chi connectivity index (χ0) is 22.5. The second-order valence-corrected chi connectivity index (χ2v) is 7.40. The summed E-state index contributed by atoms with van der Waals surface area (Å²) in [6.07, 6.45) is 0. The van der Waals surface area contributed by atoms with Gasteiger partial charge >= 0.3 is 0 Å². The molecule has 0 radical (unpaired) electrons. The molecular formula is C20H15Cl3FN5O2. The van der Waals surface area contributed by atoms with Gasteiger partial charge in [-0.3, -0.25) is 4.79 Å². The monoisotopic (exact) mass is 481 g/mol. The molecule has 1 aromatic heterocycles. The standard InChI is InChI=1S/C20H15Cl3FN5O2/c1-2-26-20-28-16(18(23)29-20)19(30)27-9-11-3-4-14(22)17(15(11)24)31-13-6-10(8-25)5-12(21)7-13/h3-7H,2,9H2,1H3,(H,27,30)(H2,26,28,29). The fourth-order valence-corrected chi connectivity index (χ4v) is 3.25. The summed E-state index contributed by atoms with van der Waals surface area (Å²) in [5, 5.41) is 14.8. The fraction of sp³-hybridized carbons (Fsp3) is 0.150. The Hall–Kier alpha value is -2.99. The number of nitriles is 1. The number of carbonyl (C=O) groups excluding carboxylic acids is 1. The van der Waals surface area contributed by atoms with E-state index in [2.05, 4.69) is 20.6 Å². The maximum atomic E-state index is 15.0. The van der Waals surface area contributed by atoms with Gasteiger partial charge in [0.2, 0.25) is 5.95 Å². The largest absolute Gasteiger partial charge is 0.453 e. The van der Waals surface area contributed by atoms with Crippen molar-refractivity contribution < 1.29 is 13.9 Å². The van der Waals surface area contributed by atoms with Crippen molar-refractivity contribution in [2.75, 3.05) is 11.9 Å². The summed E-state index contributed by atoms with van der Waals surface area (Å²) >= 11 is 18.0. The smallest absolute Gasteiger partial charge is 0.271 e. The lowest BCUT2D eigenvalue weighted by molar-refractivity contribution is 0.0946. The molecule has 0 aliphatic rings. The lowest BCUT2D eigenvalue weighted by Crippen LogP contribution is -2.24. The highest BCUT2D eigenvalue weighted by Gasteiger charge is 2.19. The van der Waals surface area contributed by atoms with E-state index in [0.717, 1.165) is 0 Å². The number of nitrogens with zero attached hydrogens (tertiary/aromatic N) is 2. The van der Waals surface area contributed by atoms with E-state index in [9.17, 15) is 4.79 Å². The molecule has 0 aliphatic heterocycles. The number of aromatic nitrogens is 2. The second kappa shape index (κ2) is 9.88. The SMILES string of the molecule is CCNc1nc(Cl)c(C(=O)NCc2ccc(Cl)c(Oc3cc(Cl)cc(C#N)c3)c2F)[nH]1. The minimum absolute atomic E-state index is 0.0108. The molecule has 7 nitrogen and oxygen atoms in total. The first-order chi connectivity index (χ1) is 14.8. The maximum absolute atomic E-state index is 15.0. The third kappa shape index (κ3) is 5.39. The first kappa shape index (κ1) is 22.7. The molecule has 0 saturated heterocycles. The van der Waals surface area contributed by atoms with Crippen LogP contribution >= 0.6 is 34.8 Å². The normalized spacial score (nSPS) is 10.5. The first-order valence-corrected chi connectivity index (χ1v) is 10.1. The third-order valence-corrected chi connectivity index (χ3v) is 4.81. The predicted molar refractivity (Wildman–Crippen MR) is 117 cm³/mol. The summed E-state index contributed by atoms with van der Waals surface area (Å²) in [5.74, 6) is -1.09. The summed E-state index contributed by atoms with van der Waals surface area (Å²) in [6, 6.07) is 9.06. The summed E-state index contributed by atoms with van der Waals surface area (Å²) in [4.78, 5) is 19.1. The number of imidazole rings is 1. The molecule has 1 heterocycles. The highest BCUT2D eigenvalue weighted by molar-refractivity contribution is 6.33.